The van der Waals surface area contributed by atoms with Gasteiger partial charge in [0.2, 0.25) is 0 Å². The second kappa shape index (κ2) is 5.64. The molecule has 0 radical (unpaired) electrons. The maximum absolute atomic E-state index is 11.7. The van der Waals surface area contributed by atoms with E-state index in [4.69, 9.17) is 9.15 Å². The van der Waals surface area contributed by atoms with Crippen LogP contribution >= 0.6 is 0 Å². The third kappa shape index (κ3) is 3.85. The first kappa shape index (κ1) is 15.5. The molecule has 1 fully saturated rings. The van der Waals surface area contributed by atoms with E-state index >= 15 is 0 Å². The molecule has 1 saturated carbocycles. The summed E-state index contributed by atoms with van der Waals surface area (Å²) in [6, 6.07) is 5.87. The summed E-state index contributed by atoms with van der Waals surface area (Å²) < 4.78 is 10.2. The van der Waals surface area contributed by atoms with Gasteiger partial charge in [0.05, 0.1) is 5.52 Å². The van der Waals surface area contributed by atoms with Gasteiger partial charge in [0.15, 0.2) is 5.58 Å². The Labute approximate surface area is 133 Å². The second-order valence-corrected chi connectivity index (χ2v) is 6.88. The van der Waals surface area contributed by atoms with Gasteiger partial charge in [-0.2, -0.15) is 0 Å². The summed E-state index contributed by atoms with van der Waals surface area (Å²) in [4.78, 5) is 25.4. The summed E-state index contributed by atoms with van der Waals surface area (Å²) in [5.41, 5.74) is 1.64. The van der Waals surface area contributed by atoms with Crippen molar-refractivity contribution in [1.82, 2.24) is 10.3 Å². The summed E-state index contributed by atoms with van der Waals surface area (Å²) >= 11 is 0. The van der Waals surface area contributed by atoms with Gasteiger partial charge in [0.25, 0.3) is 0 Å². The molecule has 1 aromatic heterocycles. The van der Waals surface area contributed by atoms with E-state index < -0.39 is 11.4 Å². The zero-order valence-corrected chi connectivity index (χ0v) is 13.4. The number of H-pyrrole nitrogens is 1. The van der Waals surface area contributed by atoms with Crippen LogP contribution in [0.1, 0.15) is 33.6 Å². The standard InChI is InChI=1S/C16H21N3O4/c1-16(2,3)23-15(21)18-11-6-10(7-11)17-9-4-5-13-12(8-9)19-14(20)22-13/h4-5,8,10-11,17H,6-7H2,1-3H3,(H,18,21)(H,19,20). The van der Waals surface area contributed by atoms with Gasteiger partial charge in [-0.25, -0.2) is 9.59 Å². The van der Waals surface area contributed by atoms with Gasteiger partial charge in [-0.3, -0.25) is 4.98 Å². The Morgan fingerprint density at radius 1 is 1.30 bits per heavy atom. The van der Waals surface area contributed by atoms with Crippen molar-refractivity contribution >= 4 is 22.9 Å². The van der Waals surface area contributed by atoms with Gasteiger partial charge in [-0.05, 0) is 51.8 Å². The highest BCUT2D eigenvalue weighted by Gasteiger charge is 2.31. The molecular formula is C16H21N3O4. The normalized spacial score (nSPS) is 20.8. The molecule has 0 atom stereocenters. The minimum absolute atomic E-state index is 0.125. The first-order valence-electron chi connectivity index (χ1n) is 7.67. The molecule has 3 N–H and O–H groups in total. The van der Waals surface area contributed by atoms with Crippen molar-refractivity contribution in [3.05, 3.63) is 28.7 Å². The molecule has 0 aliphatic heterocycles. The number of carbonyl (C=O) groups excluding carboxylic acids is 1. The van der Waals surface area contributed by atoms with Crippen LogP contribution in [0, 0.1) is 0 Å². The molecule has 7 nitrogen and oxygen atoms in total. The van der Waals surface area contributed by atoms with Gasteiger partial charge in [-0.15, -0.1) is 0 Å². The van der Waals surface area contributed by atoms with Crippen LogP contribution in [-0.2, 0) is 4.74 Å². The fraction of sp³-hybridized carbons (Fsp3) is 0.500. The van der Waals surface area contributed by atoms with Crippen LogP contribution in [0.5, 0.6) is 0 Å². The van der Waals surface area contributed by atoms with E-state index in [9.17, 15) is 9.59 Å². The lowest BCUT2D eigenvalue weighted by Crippen LogP contribution is -2.50. The molecule has 7 heteroatoms. The second-order valence-electron chi connectivity index (χ2n) is 6.88. The number of nitrogens with one attached hydrogen (secondary N) is 3. The molecule has 2 aromatic rings. The summed E-state index contributed by atoms with van der Waals surface area (Å²) in [6.07, 6.45) is 1.29. The van der Waals surface area contributed by atoms with E-state index in [1.54, 1.807) is 6.07 Å². The summed E-state index contributed by atoms with van der Waals surface area (Å²) in [6.45, 7) is 5.52. The third-order valence-corrected chi connectivity index (χ3v) is 3.65. The van der Waals surface area contributed by atoms with Crippen molar-refractivity contribution in [1.29, 1.82) is 0 Å². The maximum atomic E-state index is 11.7. The molecule has 1 amide bonds. The number of fused-ring (bicyclic) bond motifs is 1. The monoisotopic (exact) mass is 319 g/mol. The van der Waals surface area contributed by atoms with Crippen LogP contribution in [0.25, 0.3) is 11.1 Å². The fourth-order valence-corrected chi connectivity index (χ4v) is 2.61. The van der Waals surface area contributed by atoms with Crippen molar-refractivity contribution in [2.75, 3.05) is 5.32 Å². The molecule has 1 aliphatic rings. The van der Waals surface area contributed by atoms with E-state index in [-0.39, 0.29) is 18.2 Å². The number of hydrogen-bond acceptors (Lipinski definition) is 5. The lowest BCUT2D eigenvalue weighted by Gasteiger charge is -2.37. The first-order valence-corrected chi connectivity index (χ1v) is 7.67. The molecule has 0 spiro atoms. The zero-order valence-electron chi connectivity index (χ0n) is 13.4. The largest absolute Gasteiger partial charge is 0.444 e. The molecular weight excluding hydrogens is 298 g/mol. The number of anilines is 1. The van der Waals surface area contributed by atoms with E-state index in [2.05, 4.69) is 15.6 Å². The number of ether oxygens (including phenoxy) is 1. The van der Waals surface area contributed by atoms with Gasteiger partial charge in [-0.1, -0.05) is 0 Å². The van der Waals surface area contributed by atoms with Gasteiger partial charge >= 0.3 is 11.8 Å². The Morgan fingerprint density at radius 2 is 2.04 bits per heavy atom. The number of carbonyl (C=O) groups is 1. The fourth-order valence-electron chi connectivity index (χ4n) is 2.61. The SMILES string of the molecule is CC(C)(C)OC(=O)NC1CC(Nc2ccc3oc(=O)[nH]c3c2)C1. The Kier molecular flexibility index (Phi) is 3.79. The molecule has 124 valence electrons. The summed E-state index contributed by atoms with van der Waals surface area (Å²) in [5.74, 6) is -0.456. The predicted octanol–water partition coefficient (Wildman–Crippen LogP) is 2.59. The topological polar surface area (TPSA) is 96.4 Å². The average Bonchev–Trinajstić information content (AvgIpc) is 2.73. The third-order valence-electron chi connectivity index (χ3n) is 3.65. The van der Waals surface area contributed by atoms with Crippen molar-refractivity contribution in [2.24, 2.45) is 0 Å². The van der Waals surface area contributed by atoms with Crippen LogP contribution in [-0.4, -0.2) is 28.8 Å². The minimum atomic E-state index is -0.484. The van der Waals surface area contributed by atoms with Crippen LogP contribution in [0.4, 0.5) is 10.5 Å². The van der Waals surface area contributed by atoms with Crippen molar-refractivity contribution < 1.29 is 13.9 Å². The number of benzene rings is 1. The molecule has 3 rings (SSSR count). The quantitative estimate of drug-likeness (QED) is 0.808. The average molecular weight is 319 g/mol. The molecule has 0 bridgehead atoms. The molecule has 23 heavy (non-hydrogen) atoms. The maximum Gasteiger partial charge on any atom is 0.417 e. The first-order chi connectivity index (χ1) is 10.8. The molecule has 1 heterocycles. The van der Waals surface area contributed by atoms with E-state index in [0.717, 1.165) is 18.5 Å². The Hall–Kier alpha value is -2.44. The highest BCUT2D eigenvalue weighted by Crippen LogP contribution is 2.26. The minimum Gasteiger partial charge on any atom is -0.444 e. The lowest BCUT2D eigenvalue weighted by atomic mass is 9.86. The number of aromatic amines is 1. The number of amides is 1. The lowest BCUT2D eigenvalue weighted by molar-refractivity contribution is 0.0475. The number of alkyl carbamates (subject to hydrolysis) is 1. The van der Waals surface area contributed by atoms with Gasteiger partial charge < -0.3 is 19.8 Å². The number of rotatable bonds is 3. The van der Waals surface area contributed by atoms with E-state index in [0.29, 0.717) is 11.1 Å². The van der Waals surface area contributed by atoms with E-state index in [1.165, 1.54) is 0 Å². The molecule has 0 unspecified atom stereocenters. The highest BCUT2D eigenvalue weighted by molar-refractivity contribution is 5.77. The predicted molar refractivity (Wildman–Crippen MR) is 86.6 cm³/mol. The van der Waals surface area contributed by atoms with E-state index in [1.807, 2.05) is 32.9 Å². The zero-order chi connectivity index (χ0) is 16.6. The molecule has 1 aliphatic carbocycles. The Morgan fingerprint density at radius 3 is 2.74 bits per heavy atom. The smallest absolute Gasteiger partial charge is 0.417 e. The highest BCUT2D eigenvalue weighted by atomic mass is 16.6. The van der Waals surface area contributed by atoms with Gasteiger partial charge in [0.1, 0.15) is 5.60 Å². The van der Waals surface area contributed by atoms with Crippen LogP contribution in [0.2, 0.25) is 0 Å². The van der Waals surface area contributed by atoms with Crippen molar-refractivity contribution in [2.45, 2.75) is 51.3 Å². The van der Waals surface area contributed by atoms with Crippen molar-refractivity contribution in [3.8, 4) is 0 Å². The Bertz CT molecular complexity index is 765. The number of oxazole rings is 1. The van der Waals surface area contributed by atoms with Crippen LogP contribution in [0.3, 0.4) is 0 Å². The number of hydrogen-bond donors (Lipinski definition) is 3. The summed E-state index contributed by atoms with van der Waals surface area (Å²) in [5, 5.41) is 6.23. The molecule has 0 saturated heterocycles. The summed E-state index contributed by atoms with van der Waals surface area (Å²) in [7, 11) is 0. The van der Waals surface area contributed by atoms with Crippen molar-refractivity contribution in [3.63, 3.8) is 0 Å². The molecule has 1 aromatic carbocycles. The number of aromatic nitrogens is 1. The Balaban J connectivity index is 1.49. The van der Waals surface area contributed by atoms with Crippen LogP contribution < -0.4 is 16.4 Å². The van der Waals surface area contributed by atoms with Gasteiger partial charge in [0, 0.05) is 17.8 Å². The van der Waals surface area contributed by atoms with Crippen LogP contribution in [0.15, 0.2) is 27.4 Å².